The third-order valence-corrected chi connectivity index (χ3v) is 6.11. The predicted molar refractivity (Wildman–Crippen MR) is 106 cm³/mol. The third-order valence-electron chi connectivity index (χ3n) is 6.11. The molecule has 1 unspecified atom stereocenters. The van der Waals surface area contributed by atoms with E-state index in [-0.39, 0.29) is 24.5 Å². The van der Waals surface area contributed by atoms with Crippen LogP contribution in [0.3, 0.4) is 0 Å². The molecule has 10 heteroatoms. The quantitative estimate of drug-likeness (QED) is 0.692. The number of hydrogen-bond acceptors (Lipinski definition) is 4. The summed E-state index contributed by atoms with van der Waals surface area (Å²) in [6.07, 6.45) is -5.21. The van der Waals surface area contributed by atoms with Gasteiger partial charge in [0, 0.05) is 22.8 Å². The van der Waals surface area contributed by atoms with Crippen molar-refractivity contribution in [2.45, 2.75) is 51.0 Å². The van der Waals surface area contributed by atoms with E-state index in [1.54, 1.807) is 24.3 Å². The molecule has 2 heterocycles. The Bertz CT molecular complexity index is 951. The van der Waals surface area contributed by atoms with Crippen LogP contribution in [0.4, 0.5) is 23.7 Å². The molecule has 2 saturated heterocycles. The second kappa shape index (κ2) is 7.59. The van der Waals surface area contributed by atoms with Crippen LogP contribution in [0.5, 0.6) is 0 Å². The van der Waals surface area contributed by atoms with Gasteiger partial charge in [-0.2, -0.15) is 13.2 Å². The van der Waals surface area contributed by atoms with Crippen LogP contribution in [-0.2, 0) is 20.1 Å². The maximum atomic E-state index is 13.0. The fraction of sp³-hybridized carbons (Fsp3) is 0.381. The van der Waals surface area contributed by atoms with Gasteiger partial charge in [-0.1, -0.05) is 35.9 Å². The Hall–Kier alpha value is -1.92. The van der Waals surface area contributed by atoms with Crippen LogP contribution in [0.15, 0.2) is 54.6 Å². The van der Waals surface area contributed by atoms with Gasteiger partial charge in [-0.25, -0.2) is 4.79 Å². The smallest absolute Gasteiger partial charge is 0.625 e. The molecule has 0 N–H and O–H groups in total. The second-order valence-corrected chi connectivity index (χ2v) is 8.61. The van der Waals surface area contributed by atoms with E-state index in [2.05, 4.69) is 0 Å². The van der Waals surface area contributed by atoms with Crippen LogP contribution in [0, 0.1) is 0 Å². The summed E-state index contributed by atoms with van der Waals surface area (Å²) in [6.45, 7) is 4.80. The largest absolute Gasteiger partial charge is 1.00 e. The molecule has 4 rings (SSSR count). The number of amides is 1. The van der Waals surface area contributed by atoms with Crippen molar-refractivity contribution in [1.82, 2.24) is 0 Å². The van der Waals surface area contributed by atoms with Gasteiger partial charge in [0.25, 0.3) is 0 Å². The standard InChI is InChI=1S/C21H22BF3NO4.Li/c1-19(2)20(3,4)30-22(29-19)17(14-8-6-5-7-9-14)26(18(27)28-22)16-12-10-15(11-13-16)21(23,24)25;/h5-13,17H,1-4H3;/q-1;+1. The summed E-state index contributed by atoms with van der Waals surface area (Å²) < 4.78 is 57.2. The van der Waals surface area contributed by atoms with E-state index < -0.39 is 41.7 Å². The van der Waals surface area contributed by atoms with Crippen molar-refractivity contribution < 1.29 is 50.8 Å². The molecule has 2 aromatic rings. The van der Waals surface area contributed by atoms with E-state index in [1.165, 1.54) is 17.0 Å². The topological polar surface area (TPSA) is 48.0 Å². The molecule has 0 radical (unpaired) electrons. The van der Waals surface area contributed by atoms with E-state index in [1.807, 2.05) is 33.8 Å². The number of carbonyl (C=O) groups excluding carboxylic acids is 1. The number of alkyl halides is 3. The van der Waals surface area contributed by atoms with Crippen LogP contribution in [0.25, 0.3) is 0 Å². The molecule has 2 fully saturated rings. The molecule has 0 aliphatic carbocycles. The first-order valence-electron chi connectivity index (χ1n) is 9.65. The molecule has 2 aromatic carbocycles. The SMILES string of the molecule is CC1(C)O[B-]2(OC(=O)N(c3ccc(C(F)(F)F)cc3)C2c2ccccc2)OC1(C)C.[Li+]. The zero-order valence-electron chi connectivity index (χ0n) is 18.1. The minimum Gasteiger partial charge on any atom is -0.625 e. The third kappa shape index (κ3) is 3.89. The number of nitrogens with zero attached hydrogens (tertiary/aromatic N) is 1. The van der Waals surface area contributed by atoms with E-state index in [9.17, 15) is 18.0 Å². The summed E-state index contributed by atoms with van der Waals surface area (Å²) in [4.78, 5) is 14.3. The Morgan fingerprint density at radius 1 is 0.903 bits per heavy atom. The van der Waals surface area contributed by atoms with Gasteiger partial charge in [0.1, 0.15) is 0 Å². The summed E-state index contributed by atoms with van der Waals surface area (Å²) in [5, 5.41) is 0. The first-order valence-corrected chi connectivity index (χ1v) is 9.65. The Labute approximate surface area is 191 Å². The Kier molecular flexibility index (Phi) is 5.81. The number of benzene rings is 2. The van der Waals surface area contributed by atoms with E-state index >= 15 is 0 Å². The summed E-state index contributed by atoms with van der Waals surface area (Å²) in [5.41, 5.74) is -1.38. The minimum absolute atomic E-state index is 0. The maximum absolute atomic E-state index is 13.0. The summed E-state index contributed by atoms with van der Waals surface area (Å²) in [5.74, 6) is -0.795. The molecular formula is C21H22BF3LiNO4. The molecule has 0 saturated carbocycles. The molecule has 1 amide bonds. The van der Waals surface area contributed by atoms with Crippen molar-refractivity contribution in [2.75, 3.05) is 4.90 Å². The molecule has 1 atom stereocenters. The van der Waals surface area contributed by atoms with Crippen LogP contribution < -0.4 is 23.8 Å². The summed E-state index contributed by atoms with van der Waals surface area (Å²) in [6, 6.07) is 13.4. The number of halogens is 3. The number of rotatable bonds is 2. The monoisotopic (exact) mass is 427 g/mol. The first kappa shape index (κ1) is 23.7. The van der Waals surface area contributed by atoms with E-state index in [0.717, 1.165) is 12.1 Å². The first-order chi connectivity index (χ1) is 13.9. The molecule has 1 spiro atoms. The van der Waals surface area contributed by atoms with Gasteiger partial charge in [0.2, 0.25) is 0 Å². The average molecular weight is 427 g/mol. The fourth-order valence-electron chi connectivity index (χ4n) is 3.98. The Balaban J connectivity index is 0.00000272. The average Bonchev–Trinajstić information content (AvgIpc) is 3.01. The minimum atomic E-state index is -4.47. The fourth-order valence-corrected chi connectivity index (χ4v) is 3.98. The van der Waals surface area contributed by atoms with Crippen molar-refractivity contribution in [3.63, 3.8) is 0 Å². The van der Waals surface area contributed by atoms with Gasteiger partial charge >= 0.3 is 37.9 Å². The van der Waals surface area contributed by atoms with E-state index in [0.29, 0.717) is 5.56 Å². The van der Waals surface area contributed by atoms with Crippen LogP contribution in [0.2, 0.25) is 0 Å². The predicted octanol–water partition coefficient (Wildman–Crippen LogP) is 2.49. The summed E-state index contributed by atoms with van der Waals surface area (Å²) >= 11 is 0. The van der Waals surface area contributed by atoms with Gasteiger partial charge in [-0.3, -0.25) is 0 Å². The molecule has 0 aromatic heterocycles. The number of hydrogen-bond donors (Lipinski definition) is 0. The zero-order valence-corrected chi connectivity index (χ0v) is 18.1. The molecule has 2 aliphatic heterocycles. The molecular weight excluding hydrogens is 405 g/mol. The van der Waals surface area contributed by atoms with Gasteiger partial charge in [0.15, 0.2) is 0 Å². The maximum Gasteiger partial charge on any atom is 1.00 e. The van der Waals surface area contributed by atoms with Crippen LogP contribution in [-0.4, -0.2) is 24.0 Å². The van der Waals surface area contributed by atoms with Crippen molar-refractivity contribution >= 4 is 18.5 Å². The van der Waals surface area contributed by atoms with Gasteiger partial charge in [-0.05, 0) is 52.0 Å². The molecule has 31 heavy (non-hydrogen) atoms. The molecule has 5 nitrogen and oxygen atoms in total. The van der Waals surface area contributed by atoms with Crippen molar-refractivity contribution in [2.24, 2.45) is 0 Å². The normalized spacial score (nSPS) is 23.5. The second-order valence-electron chi connectivity index (χ2n) is 8.61. The van der Waals surface area contributed by atoms with Gasteiger partial charge in [0.05, 0.1) is 5.56 Å². The Morgan fingerprint density at radius 3 is 1.90 bits per heavy atom. The summed E-state index contributed by atoms with van der Waals surface area (Å²) in [7, 11) is 0. The van der Waals surface area contributed by atoms with Crippen LogP contribution in [0.1, 0.15) is 44.8 Å². The van der Waals surface area contributed by atoms with Gasteiger partial charge < -0.3 is 18.9 Å². The van der Waals surface area contributed by atoms with Crippen LogP contribution >= 0.6 is 0 Å². The van der Waals surface area contributed by atoms with Gasteiger partial charge in [-0.15, -0.1) is 0 Å². The molecule has 2 aliphatic rings. The molecule has 160 valence electrons. The zero-order chi connectivity index (χ0) is 21.9. The van der Waals surface area contributed by atoms with Crippen molar-refractivity contribution in [3.8, 4) is 0 Å². The number of carbonyl (C=O) groups is 1. The van der Waals surface area contributed by atoms with E-state index in [4.69, 9.17) is 14.0 Å². The Morgan fingerprint density at radius 2 is 1.42 bits per heavy atom. The van der Waals surface area contributed by atoms with Crippen molar-refractivity contribution in [3.05, 3.63) is 65.7 Å². The number of anilines is 1. The van der Waals surface area contributed by atoms with Crippen molar-refractivity contribution in [1.29, 1.82) is 0 Å². The molecule has 0 bridgehead atoms.